The lowest BCUT2D eigenvalue weighted by atomic mass is 10.1. The van der Waals surface area contributed by atoms with Crippen LogP contribution in [-0.4, -0.2) is 21.9 Å². The van der Waals surface area contributed by atoms with E-state index >= 15 is 0 Å². The zero-order valence-electron chi connectivity index (χ0n) is 16.1. The third kappa shape index (κ3) is 4.17. The first-order valence-electron chi connectivity index (χ1n) is 9.97. The van der Waals surface area contributed by atoms with Crippen molar-refractivity contribution < 1.29 is 4.79 Å². The van der Waals surface area contributed by atoms with Crippen LogP contribution in [0.1, 0.15) is 48.0 Å². The lowest BCUT2D eigenvalue weighted by Crippen LogP contribution is -2.33. The molecule has 2 aromatic heterocycles. The summed E-state index contributed by atoms with van der Waals surface area (Å²) in [6.07, 6.45) is 5.77. The minimum absolute atomic E-state index is 0.00279. The van der Waals surface area contributed by atoms with E-state index in [1.54, 1.807) is 11.3 Å². The first-order valence-corrected chi connectivity index (χ1v) is 10.8. The standard InChI is InChI=1S/C22H25N3O2S/c1-14(10-11-15-6-3-2-4-7-15)23-19(26)13-12-18-24-21(27)20-16-8-5-9-17(16)28-22(20)25-18/h2-4,6-7,14H,5,8-13H2,1H3,(H,23,26)(H,24,25,27). The molecular formula is C22H25N3O2S. The quantitative estimate of drug-likeness (QED) is 0.642. The molecule has 0 saturated carbocycles. The van der Waals surface area contributed by atoms with Gasteiger partial charge in [-0.3, -0.25) is 9.59 Å². The van der Waals surface area contributed by atoms with Gasteiger partial charge in [0.25, 0.3) is 5.56 Å². The lowest BCUT2D eigenvalue weighted by molar-refractivity contribution is -0.121. The van der Waals surface area contributed by atoms with Crippen molar-refractivity contribution in [3.05, 3.63) is 62.5 Å². The number of carbonyl (C=O) groups is 1. The summed E-state index contributed by atoms with van der Waals surface area (Å²) in [7, 11) is 0. The summed E-state index contributed by atoms with van der Waals surface area (Å²) >= 11 is 1.63. The number of hydrogen-bond acceptors (Lipinski definition) is 4. The van der Waals surface area contributed by atoms with E-state index < -0.39 is 0 Å². The largest absolute Gasteiger partial charge is 0.354 e. The number of rotatable bonds is 7. The molecule has 0 spiro atoms. The van der Waals surface area contributed by atoms with E-state index in [4.69, 9.17) is 0 Å². The Morgan fingerprint density at radius 2 is 2.07 bits per heavy atom. The van der Waals surface area contributed by atoms with Gasteiger partial charge in [0, 0.05) is 23.8 Å². The number of nitrogens with zero attached hydrogens (tertiary/aromatic N) is 1. The summed E-state index contributed by atoms with van der Waals surface area (Å²) < 4.78 is 0. The van der Waals surface area contributed by atoms with Crippen molar-refractivity contribution in [2.45, 2.75) is 57.9 Å². The molecule has 1 unspecified atom stereocenters. The highest BCUT2D eigenvalue weighted by molar-refractivity contribution is 7.18. The van der Waals surface area contributed by atoms with Gasteiger partial charge in [0.05, 0.1) is 5.39 Å². The maximum Gasteiger partial charge on any atom is 0.259 e. The molecule has 146 valence electrons. The number of amides is 1. The van der Waals surface area contributed by atoms with Gasteiger partial charge in [-0.25, -0.2) is 4.98 Å². The fourth-order valence-corrected chi connectivity index (χ4v) is 5.13. The van der Waals surface area contributed by atoms with Crippen LogP contribution in [0.25, 0.3) is 10.2 Å². The Kier molecular flexibility index (Phi) is 5.57. The average Bonchev–Trinajstić information content (AvgIpc) is 3.26. The normalized spacial score (nSPS) is 14.2. The van der Waals surface area contributed by atoms with Gasteiger partial charge in [-0.1, -0.05) is 30.3 Å². The van der Waals surface area contributed by atoms with Crippen LogP contribution in [0, 0.1) is 0 Å². The van der Waals surface area contributed by atoms with E-state index in [9.17, 15) is 9.59 Å². The van der Waals surface area contributed by atoms with E-state index in [0.29, 0.717) is 18.7 Å². The van der Waals surface area contributed by atoms with Crippen LogP contribution in [0.15, 0.2) is 35.1 Å². The van der Waals surface area contributed by atoms with Gasteiger partial charge in [-0.05, 0) is 50.2 Å². The molecule has 2 N–H and O–H groups in total. The number of benzene rings is 1. The zero-order chi connectivity index (χ0) is 19.5. The van der Waals surface area contributed by atoms with Gasteiger partial charge in [-0.15, -0.1) is 11.3 Å². The highest BCUT2D eigenvalue weighted by Crippen LogP contribution is 2.34. The van der Waals surface area contributed by atoms with Crippen molar-refractivity contribution in [3.63, 3.8) is 0 Å². The number of hydrogen-bond donors (Lipinski definition) is 2. The second-order valence-electron chi connectivity index (χ2n) is 7.54. The Balaban J connectivity index is 1.31. The van der Waals surface area contributed by atoms with E-state index in [-0.39, 0.29) is 17.5 Å². The molecule has 4 rings (SSSR count). The van der Waals surface area contributed by atoms with E-state index in [0.717, 1.165) is 42.3 Å². The summed E-state index contributed by atoms with van der Waals surface area (Å²) in [6, 6.07) is 10.4. The second kappa shape index (κ2) is 8.27. The molecule has 5 nitrogen and oxygen atoms in total. The number of thiophene rings is 1. The topological polar surface area (TPSA) is 74.8 Å². The number of carbonyl (C=O) groups excluding carboxylic acids is 1. The molecule has 0 fully saturated rings. The van der Waals surface area contributed by atoms with Crippen LogP contribution in [0.3, 0.4) is 0 Å². The number of aromatic amines is 1. The third-order valence-corrected chi connectivity index (χ3v) is 6.51. The van der Waals surface area contributed by atoms with Crippen molar-refractivity contribution in [2.24, 2.45) is 0 Å². The van der Waals surface area contributed by atoms with Crippen LogP contribution in [-0.2, 0) is 30.5 Å². The average molecular weight is 396 g/mol. The maximum absolute atomic E-state index is 12.5. The van der Waals surface area contributed by atoms with Gasteiger partial charge < -0.3 is 10.3 Å². The summed E-state index contributed by atoms with van der Waals surface area (Å²) in [5.41, 5.74) is 2.41. The molecule has 28 heavy (non-hydrogen) atoms. The number of fused-ring (bicyclic) bond motifs is 3. The van der Waals surface area contributed by atoms with Gasteiger partial charge >= 0.3 is 0 Å². The highest BCUT2D eigenvalue weighted by atomic mass is 32.1. The Bertz CT molecular complexity index is 1040. The Morgan fingerprint density at radius 1 is 1.25 bits per heavy atom. The zero-order valence-corrected chi connectivity index (χ0v) is 16.9. The van der Waals surface area contributed by atoms with Gasteiger partial charge in [-0.2, -0.15) is 0 Å². The summed E-state index contributed by atoms with van der Waals surface area (Å²) in [5.74, 6) is 0.599. The number of aryl methyl sites for hydroxylation is 4. The molecule has 1 atom stereocenters. The summed E-state index contributed by atoms with van der Waals surface area (Å²) in [5, 5.41) is 3.81. The fraction of sp³-hybridized carbons (Fsp3) is 0.409. The molecule has 6 heteroatoms. The summed E-state index contributed by atoms with van der Waals surface area (Å²) in [4.78, 5) is 34.4. The van der Waals surface area contributed by atoms with Gasteiger partial charge in [0.1, 0.15) is 10.7 Å². The van der Waals surface area contributed by atoms with Crippen LogP contribution in [0.2, 0.25) is 0 Å². The van der Waals surface area contributed by atoms with Gasteiger partial charge in [0.15, 0.2) is 0 Å². The molecule has 0 aliphatic heterocycles. The minimum Gasteiger partial charge on any atom is -0.354 e. The van der Waals surface area contributed by atoms with Crippen molar-refractivity contribution >= 4 is 27.5 Å². The number of aromatic nitrogens is 2. The van der Waals surface area contributed by atoms with Crippen molar-refractivity contribution in [2.75, 3.05) is 0 Å². The van der Waals surface area contributed by atoms with Gasteiger partial charge in [0.2, 0.25) is 5.91 Å². The molecule has 1 aliphatic carbocycles. The molecule has 1 amide bonds. The molecule has 3 aromatic rings. The number of H-pyrrole nitrogens is 1. The van der Waals surface area contributed by atoms with E-state index in [1.165, 1.54) is 16.0 Å². The van der Waals surface area contributed by atoms with Crippen LogP contribution < -0.4 is 10.9 Å². The molecular weight excluding hydrogens is 370 g/mol. The molecule has 0 bridgehead atoms. The Morgan fingerprint density at radius 3 is 2.89 bits per heavy atom. The Labute approximate surface area is 168 Å². The fourth-order valence-electron chi connectivity index (χ4n) is 3.84. The van der Waals surface area contributed by atoms with Crippen molar-refractivity contribution in [1.82, 2.24) is 15.3 Å². The monoisotopic (exact) mass is 395 g/mol. The van der Waals surface area contributed by atoms with Crippen molar-refractivity contribution in [3.8, 4) is 0 Å². The number of nitrogens with one attached hydrogen (secondary N) is 2. The van der Waals surface area contributed by atoms with Crippen molar-refractivity contribution in [1.29, 1.82) is 0 Å². The molecule has 0 saturated heterocycles. The Hall–Kier alpha value is -2.47. The lowest BCUT2D eigenvalue weighted by Gasteiger charge is -2.13. The van der Waals surface area contributed by atoms with Crippen LogP contribution >= 0.6 is 11.3 Å². The second-order valence-corrected chi connectivity index (χ2v) is 8.63. The third-order valence-electron chi connectivity index (χ3n) is 5.33. The van der Waals surface area contributed by atoms with Crippen LogP contribution in [0.4, 0.5) is 0 Å². The highest BCUT2D eigenvalue weighted by Gasteiger charge is 2.21. The predicted molar refractivity (Wildman–Crippen MR) is 113 cm³/mol. The summed E-state index contributed by atoms with van der Waals surface area (Å²) in [6.45, 7) is 2.03. The van der Waals surface area contributed by atoms with E-state index in [2.05, 4.69) is 27.4 Å². The first-order chi connectivity index (χ1) is 13.6. The maximum atomic E-state index is 12.5. The smallest absolute Gasteiger partial charge is 0.259 e. The molecule has 1 aromatic carbocycles. The molecule has 2 heterocycles. The SMILES string of the molecule is CC(CCc1ccccc1)NC(=O)CCc1nc2sc3c(c2c(=O)[nH]1)CCC3. The first kappa shape index (κ1) is 18.9. The minimum atomic E-state index is -0.0592. The predicted octanol–water partition coefficient (Wildman–Crippen LogP) is 3.54. The molecule has 1 aliphatic rings. The van der Waals surface area contributed by atoms with Crippen LogP contribution in [0.5, 0.6) is 0 Å². The molecule has 0 radical (unpaired) electrons. The van der Waals surface area contributed by atoms with E-state index in [1.807, 2.05) is 25.1 Å².